The van der Waals surface area contributed by atoms with Crippen molar-refractivity contribution in [1.82, 2.24) is 10.2 Å². The maximum absolute atomic E-state index is 5.74. The van der Waals surface area contributed by atoms with Gasteiger partial charge in [-0.3, -0.25) is 0 Å². The van der Waals surface area contributed by atoms with Gasteiger partial charge in [0.05, 0.1) is 6.10 Å². The Morgan fingerprint density at radius 2 is 2.00 bits per heavy atom. The van der Waals surface area contributed by atoms with Gasteiger partial charge < -0.3 is 15.0 Å². The summed E-state index contributed by atoms with van der Waals surface area (Å²) in [7, 11) is 0. The molecule has 0 aromatic carbocycles. The van der Waals surface area contributed by atoms with Crippen molar-refractivity contribution in [1.29, 1.82) is 0 Å². The average molecular weight is 270 g/mol. The van der Waals surface area contributed by atoms with Crippen LogP contribution in [0.3, 0.4) is 0 Å². The average Bonchev–Trinajstić information content (AvgIpc) is 2.33. The molecular formula is C16H34N2O. The molecule has 0 aromatic rings. The zero-order chi connectivity index (χ0) is 14.1. The molecule has 0 aliphatic carbocycles. The van der Waals surface area contributed by atoms with E-state index in [1.807, 2.05) is 0 Å². The first-order valence-corrected chi connectivity index (χ1v) is 8.10. The lowest BCUT2D eigenvalue weighted by molar-refractivity contribution is 0.00558. The molecule has 19 heavy (non-hydrogen) atoms. The van der Waals surface area contributed by atoms with Crippen molar-refractivity contribution >= 4 is 0 Å². The van der Waals surface area contributed by atoms with Crippen LogP contribution in [-0.4, -0.2) is 49.3 Å². The number of hydrogen-bond acceptors (Lipinski definition) is 3. The molecule has 114 valence electrons. The first-order chi connectivity index (χ1) is 9.01. The summed E-state index contributed by atoms with van der Waals surface area (Å²) >= 11 is 0. The van der Waals surface area contributed by atoms with Crippen LogP contribution in [0.25, 0.3) is 0 Å². The highest BCUT2D eigenvalue weighted by atomic mass is 16.5. The van der Waals surface area contributed by atoms with Gasteiger partial charge in [0.1, 0.15) is 0 Å². The van der Waals surface area contributed by atoms with E-state index >= 15 is 0 Å². The van der Waals surface area contributed by atoms with Gasteiger partial charge >= 0.3 is 0 Å². The van der Waals surface area contributed by atoms with Crippen LogP contribution in [0.2, 0.25) is 0 Å². The molecule has 1 fully saturated rings. The Labute approximate surface area is 120 Å². The summed E-state index contributed by atoms with van der Waals surface area (Å²) in [4.78, 5) is 2.58. The Hall–Kier alpha value is -0.120. The summed E-state index contributed by atoms with van der Waals surface area (Å²) in [6.07, 6.45) is 6.99. The van der Waals surface area contributed by atoms with Gasteiger partial charge in [-0.1, -0.05) is 6.42 Å². The molecule has 3 heteroatoms. The van der Waals surface area contributed by atoms with E-state index in [0.29, 0.717) is 6.10 Å². The van der Waals surface area contributed by atoms with Crippen molar-refractivity contribution < 1.29 is 4.74 Å². The predicted molar refractivity (Wildman–Crippen MR) is 82.7 cm³/mol. The van der Waals surface area contributed by atoms with E-state index in [1.54, 1.807) is 0 Å². The van der Waals surface area contributed by atoms with E-state index < -0.39 is 0 Å². The van der Waals surface area contributed by atoms with Crippen LogP contribution >= 0.6 is 0 Å². The number of nitrogens with zero attached hydrogens (tertiary/aromatic N) is 1. The number of likely N-dealkylation sites (tertiary alicyclic amines) is 1. The van der Waals surface area contributed by atoms with Crippen molar-refractivity contribution in [3.8, 4) is 0 Å². The van der Waals surface area contributed by atoms with Crippen molar-refractivity contribution in [2.45, 2.75) is 71.4 Å². The number of hydrogen-bond donors (Lipinski definition) is 1. The van der Waals surface area contributed by atoms with Crippen LogP contribution in [0.4, 0.5) is 0 Å². The second-order valence-electron chi connectivity index (χ2n) is 6.76. The Morgan fingerprint density at radius 1 is 1.21 bits per heavy atom. The van der Waals surface area contributed by atoms with Gasteiger partial charge in [-0.05, 0) is 73.0 Å². The molecular weight excluding hydrogens is 236 g/mol. The van der Waals surface area contributed by atoms with Crippen LogP contribution < -0.4 is 5.32 Å². The maximum atomic E-state index is 5.74. The highest BCUT2D eigenvalue weighted by Gasteiger charge is 2.19. The molecule has 0 spiro atoms. The van der Waals surface area contributed by atoms with Crippen molar-refractivity contribution in [2.24, 2.45) is 0 Å². The summed E-state index contributed by atoms with van der Waals surface area (Å²) in [6, 6.07) is 0. The molecule has 1 aliphatic heterocycles. The second kappa shape index (κ2) is 8.93. The Balaban J connectivity index is 2.00. The molecule has 1 atom stereocenters. The molecule has 1 aliphatic rings. The minimum atomic E-state index is 0.261. The van der Waals surface area contributed by atoms with Crippen LogP contribution in [0.1, 0.15) is 59.8 Å². The summed E-state index contributed by atoms with van der Waals surface area (Å²) in [5.74, 6) is 0. The minimum Gasteiger partial charge on any atom is -0.377 e. The number of ether oxygens (including phenoxy) is 1. The Bertz CT molecular complexity index is 223. The second-order valence-corrected chi connectivity index (χ2v) is 6.76. The van der Waals surface area contributed by atoms with Gasteiger partial charge in [0.2, 0.25) is 0 Å². The molecule has 1 unspecified atom stereocenters. The van der Waals surface area contributed by atoms with Crippen molar-refractivity contribution in [3.05, 3.63) is 0 Å². The van der Waals surface area contributed by atoms with Gasteiger partial charge in [0, 0.05) is 18.7 Å². The highest BCUT2D eigenvalue weighted by molar-refractivity contribution is 4.73. The molecule has 1 saturated heterocycles. The molecule has 1 N–H and O–H groups in total. The fourth-order valence-corrected chi connectivity index (χ4v) is 2.69. The van der Waals surface area contributed by atoms with Crippen LogP contribution in [0.5, 0.6) is 0 Å². The summed E-state index contributed by atoms with van der Waals surface area (Å²) in [5, 5.41) is 3.55. The van der Waals surface area contributed by atoms with E-state index in [9.17, 15) is 0 Å². The third-order valence-electron chi connectivity index (χ3n) is 3.67. The molecule has 0 amide bonds. The third kappa shape index (κ3) is 8.61. The lowest BCUT2D eigenvalue weighted by Crippen LogP contribution is -2.40. The van der Waals surface area contributed by atoms with E-state index in [0.717, 1.165) is 19.7 Å². The minimum absolute atomic E-state index is 0.261. The molecule has 0 radical (unpaired) electrons. The van der Waals surface area contributed by atoms with Crippen LogP contribution in [0, 0.1) is 0 Å². The Morgan fingerprint density at radius 3 is 2.68 bits per heavy atom. The number of unbranched alkanes of at least 4 members (excludes halogenated alkanes) is 2. The monoisotopic (exact) mass is 270 g/mol. The largest absolute Gasteiger partial charge is 0.377 e. The molecule has 0 saturated carbocycles. The SMILES string of the molecule is CCOC1CCCN(CCCCCNC(C)(C)C)C1. The molecule has 1 heterocycles. The smallest absolute Gasteiger partial charge is 0.0702 e. The fraction of sp³-hybridized carbons (Fsp3) is 1.00. The summed E-state index contributed by atoms with van der Waals surface area (Å²) in [6.45, 7) is 14.5. The number of nitrogens with one attached hydrogen (secondary N) is 1. The van der Waals surface area contributed by atoms with E-state index in [1.165, 1.54) is 45.2 Å². The zero-order valence-corrected chi connectivity index (χ0v) is 13.5. The third-order valence-corrected chi connectivity index (χ3v) is 3.67. The standard InChI is InChI=1S/C16H34N2O/c1-5-19-15-10-9-13-18(14-15)12-8-6-7-11-17-16(2,3)4/h15,17H,5-14H2,1-4H3. The molecule has 0 bridgehead atoms. The normalized spacial score (nSPS) is 21.8. The van der Waals surface area contributed by atoms with Crippen molar-refractivity contribution in [3.63, 3.8) is 0 Å². The molecule has 3 nitrogen and oxygen atoms in total. The van der Waals surface area contributed by atoms with E-state index in [4.69, 9.17) is 4.74 Å². The first-order valence-electron chi connectivity index (χ1n) is 8.10. The van der Waals surface area contributed by atoms with Crippen molar-refractivity contribution in [2.75, 3.05) is 32.8 Å². The lowest BCUT2D eigenvalue weighted by atomic mass is 10.1. The zero-order valence-electron chi connectivity index (χ0n) is 13.5. The summed E-state index contributed by atoms with van der Waals surface area (Å²) in [5.41, 5.74) is 0.261. The maximum Gasteiger partial charge on any atom is 0.0702 e. The van der Waals surface area contributed by atoms with Crippen LogP contribution in [-0.2, 0) is 4.74 Å². The quantitative estimate of drug-likeness (QED) is 0.686. The molecule has 1 rings (SSSR count). The van der Waals surface area contributed by atoms with Gasteiger partial charge in [0.25, 0.3) is 0 Å². The lowest BCUT2D eigenvalue weighted by Gasteiger charge is -2.32. The van der Waals surface area contributed by atoms with Gasteiger partial charge in [0.15, 0.2) is 0 Å². The van der Waals surface area contributed by atoms with E-state index in [-0.39, 0.29) is 5.54 Å². The fourth-order valence-electron chi connectivity index (χ4n) is 2.69. The first kappa shape index (κ1) is 16.9. The topological polar surface area (TPSA) is 24.5 Å². The van der Waals surface area contributed by atoms with Crippen LogP contribution in [0.15, 0.2) is 0 Å². The number of piperidine rings is 1. The Kier molecular flexibility index (Phi) is 7.96. The van der Waals surface area contributed by atoms with Gasteiger partial charge in [-0.25, -0.2) is 0 Å². The molecule has 0 aromatic heterocycles. The van der Waals surface area contributed by atoms with Gasteiger partial charge in [-0.2, -0.15) is 0 Å². The van der Waals surface area contributed by atoms with Gasteiger partial charge in [-0.15, -0.1) is 0 Å². The summed E-state index contributed by atoms with van der Waals surface area (Å²) < 4.78 is 5.74. The van der Waals surface area contributed by atoms with E-state index in [2.05, 4.69) is 37.9 Å². The highest BCUT2D eigenvalue weighted by Crippen LogP contribution is 2.14. The number of rotatable bonds is 8. The predicted octanol–water partition coefficient (Wildman–Crippen LogP) is 3.05.